The molecule has 0 radical (unpaired) electrons. The van der Waals surface area contributed by atoms with Crippen molar-refractivity contribution < 1.29 is 16.0 Å². The van der Waals surface area contributed by atoms with Gasteiger partial charge in [-0.25, -0.2) is 0 Å². The van der Waals surface area contributed by atoms with Crippen LogP contribution >= 0.6 is 0 Å². The van der Waals surface area contributed by atoms with Crippen LogP contribution in [0.5, 0.6) is 0 Å². The number of fused-ring (bicyclic) bond motifs is 1. The molecule has 2 aliphatic carbocycles. The zero-order chi connectivity index (χ0) is 7.68. The SMILES string of the molecule is [Fe][c]1ccc2cccccc1-2. The maximum atomic E-state index is 3.94. The van der Waals surface area contributed by atoms with Crippen LogP contribution in [-0.4, -0.2) is 0 Å². The van der Waals surface area contributed by atoms with Crippen molar-refractivity contribution in [1.82, 2.24) is 0 Å². The van der Waals surface area contributed by atoms with Crippen molar-refractivity contribution in [1.29, 1.82) is 0 Å². The molecule has 0 aliphatic heterocycles. The van der Waals surface area contributed by atoms with E-state index in [9.17, 15) is 0 Å². The van der Waals surface area contributed by atoms with Crippen LogP contribution in [0.15, 0.2) is 42.5 Å². The molecule has 0 atom stereocenters. The predicted octanol–water partition coefficient (Wildman–Crippen LogP) is 1.96. The van der Waals surface area contributed by atoms with E-state index in [1.54, 1.807) is 0 Å². The Labute approximate surface area is 74.4 Å². The second-order valence-electron chi connectivity index (χ2n) is 2.45. The minimum absolute atomic E-state index is 1.11. The third kappa shape index (κ3) is 1.18. The van der Waals surface area contributed by atoms with Gasteiger partial charge in [-0.15, -0.1) is 0 Å². The van der Waals surface area contributed by atoms with Crippen molar-refractivity contribution in [2.75, 3.05) is 0 Å². The second-order valence-corrected chi connectivity index (χ2v) is 3.04. The van der Waals surface area contributed by atoms with Crippen LogP contribution in [0.25, 0.3) is 11.1 Å². The summed E-state index contributed by atoms with van der Waals surface area (Å²) in [5.41, 5.74) is 2.51. The Bertz CT molecular complexity index is 341. The normalized spacial score (nSPS) is 10.3. The van der Waals surface area contributed by atoms with E-state index < -0.39 is 0 Å². The standard InChI is InChI=1S/C10H7.Fe/c1-2-5-9-7-4-8-10(9)6-3-1;/h1-7H;. The maximum absolute atomic E-state index is 3.94. The first-order valence-corrected chi connectivity index (χ1v) is 4.05. The Balaban J connectivity index is 2.75. The third-order valence-corrected chi connectivity index (χ3v) is 2.21. The van der Waals surface area contributed by atoms with E-state index in [1.165, 1.54) is 11.1 Å². The molecular weight excluding hydrogens is 176 g/mol. The van der Waals surface area contributed by atoms with Gasteiger partial charge in [0.25, 0.3) is 0 Å². The molecule has 0 nitrogen and oxygen atoms in total. The van der Waals surface area contributed by atoms with E-state index in [-0.39, 0.29) is 0 Å². The molecule has 0 spiro atoms. The van der Waals surface area contributed by atoms with E-state index in [2.05, 4.69) is 34.2 Å². The number of hydrogen-bond acceptors (Lipinski definition) is 0. The van der Waals surface area contributed by atoms with Crippen LogP contribution in [0.4, 0.5) is 0 Å². The topological polar surface area (TPSA) is 0 Å². The Morgan fingerprint density at radius 1 is 0.818 bits per heavy atom. The van der Waals surface area contributed by atoms with Gasteiger partial charge in [-0.05, 0) is 0 Å². The van der Waals surface area contributed by atoms with Crippen LogP contribution < -0.4 is 4.46 Å². The average molecular weight is 183 g/mol. The molecule has 0 aromatic rings. The first-order chi connectivity index (χ1) is 5.38. The second kappa shape index (κ2) is 2.69. The molecule has 2 aliphatic rings. The van der Waals surface area contributed by atoms with E-state index in [1.807, 2.05) is 24.3 Å². The number of hydrogen-bond donors (Lipinski definition) is 0. The molecule has 0 heterocycles. The molecular formula is C10H7Fe. The van der Waals surface area contributed by atoms with Crippen molar-refractivity contribution in [2.24, 2.45) is 0 Å². The van der Waals surface area contributed by atoms with Gasteiger partial charge in [-0.2, -0.15) is 0 Å². The summed E-state index contributed by atoms with van der Waals surface area (Å²) in [4.78, 5) is 0. The summed E-state index contributed by atoms with van der Waals surface area (Å²) >= 11 is 3.94. The van der Waals surface area contributed by atoms with Gasteiger partial charge in [-0.3, -0.25) is 0 Å². The first-order valence-electron chi connectivity index (χ1n) is 3.50. The molecule has 1 heteroatoms. The fourth-order valence-electron chi connectivity index (χ4n) is 1.17. The average Bonchev–Trinajstić information content (AvgIpc) is 2.25. The molecule has 0 amide bonds. The first kappa shape index (κ1) is 6.90. The zero-order valence-corrected chi connectivity index (χ0v) is 7.00. The van der Waals surface area contributed by atoms with Crippen LogP contribution in [0.2, 0.25) is 0 Å². The fraction of sp³-hybridized carbons (Fsp3) is 0. The van der Waals surface area contributed by atoms with Gasteiger partial charge in [0, 0.05) is 0 Å². The van der Waals surface area contributed by atoms with Gasteiger partial charge in [-0.1, -0.05) is 0 Å². The summed E-state index contributed by atoms with van der Waals surface area (Å²) < 4.78 is 1.11. The predicted molar refractivity (Wildman–Crippen MR) is 42.7 cm³/mol. The molecule has 0 unspecified atom stereocenters. The summed E-state index contributed by atoms with van der Waals surface area (Å²) in [5.74, 6) is 0. The van der Waals surface area contributed by atoms with E-state index in [0.29, 0.717) is 0 Å². The van der Waals surface area contributed by atoms with Gasteiger partial charge in [0.1, 0.15) is 0 Å². The molecule has 0 bridgehead atoms. The fourth-order valence-corrected chi connectivity index (χ4v) is 1.51. The summed E-state index contributed by atoms with van der Waals surface area (Å²) in [5, 5.41) is 0. The van der Waals surface area contributed by atoms with Crippen LogP contribution in [0.1, 0.15) is 0 Å². The molecule has 0 saturated carbocycles. The summed E-state index contributed by atoms with van der Waals surface area (Å²) in [6, 6.07) is 14.4. The third-order valence-electron chi connectivity index (χ3n) is 1.73. The molecule has 0 aromatic heterocycles. The van der Waals surface area contributed by atoms with Crippen molar-refractivity contribution in [2.45, 2.75) is 0 Å². The monoisotopic (exact) mass is 183 g/mol. The van der Waals surface area contributed by atoms with Gasteiger partial charge >= 0.3 is 74.1 Å². The Kier molecular flexibility index (Phi) is 1.69. The molecule has 0 saturated heterocycles. The van der Waals surface area contributed by atoms with Crippen molar-refractivity contribution >= 4 is 4.46 Å². The van der Waals surface area contributed by atoms with Gasteiger partial charge in [0.05, 0.1) is 0 Å². The summed E-state index contributed by atoms with van der Waals surface area (Å²) in [6.07, 6.45) is 0. The Morgan fingerprint density at radius 3 is 2.55 bits per heavy atom. The quantitative estimate of drug-likeness (QED) is 0.547. The van der Waals surface area contributed by atoms with Crippen molar-refractivity contribution in [3.63, 3.8) is 0 Å². The van der Waals surface area contributed by atoms with Crippen LogP contribution in [0.3, 0.4) is 0 Å². The Morgan fingerprint density at radius 2 is 1.64 bits per heavy atom. The van der Waals surface area contributed by atoms with E-state index >= 15 is 0 Å². The molecule has 0 aromatic carbocycles. The van der Waals surface area contributed by atoms with Crippen LogP contribution in [-0.2, 0) is 16.0 Å². The molecule has 2 rings (SSSR count). The van der Waals surface area contributed by atoms with E-state index in [0.717, 1.165) is 4.46 Å². The zero-order valence-electron chi connectivity index (χ0n) is 5.90. The van der Waals surface area contributed by atoms with Crippen molar-refractivity contribution in [3.05, 3.63) is 42.5 Å². The summed E-state index contributed by atoms with van der Waals surface area (Å²) in [7, 11) is 0. The van der Waals surface area contributed by atoms with Gasteiger partial charge in [0.15, 0.2) is 0 Å². The molecule has 0 N–H and O–H groups in total. The van der Waals surface area contributed by atoms with Crippen molar-refractivity contribution in [3.8, 4) is 11.1 Å². The van der Waals surface area contributed by atoms with E-state index in [4.69, 9.17) is 0 Å². The molecule has 55 valence electrons. The summed E-state index contributed by atoms with van der Waals surface area (Å²) in [6.45, 7) is 0. The Hall–Kier alpha value is -0.781. The molecule has 11 heavy (non-hydrogen) atoms. The minimum atomic E-state index is 1.11. The van der Waals surface area contributed by atoms with Crippen LogP contribution in [0, 0.1) is 0 Å². The molecule has 0 fully saturated rings. The van der Waals surface area contributed by atoms with Gasteiger partial charge in [0.2, 0.25) is 0 Å². The number of rotatable bonds is 0. The van der Waals surface area contributed by atoms with Gasteiger partial charge < -0.3 is 0 Å².